The van der Waals surface area contributed by atoms with E-state index in [9.17, 15) is 13.2 Å². The van der Waals surface area contributed by atoms with E-state index in [1.165, 1.54) is 0 Å². The molecule has 112 valence electrons. The molecule has 0 aromatic carbocycles. The smallest absolute Gasteiger partial charge is 0.475 e. The van der Waals surface area contributed by atoms with E-state index in [0.717, 1.165) is 38.5 Å². The fourth-order valence-electron chi connectivity index (χ4n) is 1.50. The summed E-state index contributed by atoms with van der Waals surface area (Å²) in [7, 11) is 0. The van der Waals surface area contributed by atoms with Gasteiger partial charge < -0.3 is 15.3 Å². The fourth-order valence-corrected chi connectivity index (χ4v) is 1.50. The quantitative estimate of drug-likeness (QED) is 0.801. The second-order valence-electron chi connectivity index (χ2n) is 3.94. The first-order valence-electron chi connectivity index (χ1n) is 5.94. The van der Waals surface area contributed by atoms with Gasteiger partial charge in [0, 0.05) is 32.0 Å². The van der Waals surface area contributed by atoms with Crippen LogP contribution >= 0.6 is 0 Å². The molecule has 20 heavy (non-hydrogen) atoms. The molecule has 0 bridgehead atoms. The number of hydrogen-bond acceptors (Lipinski definition) is 5. The van der Waals surface area contributed by atoms with Gasteiger partial charge >= 0.3 is 12.1 Å². The van der Waals surface area contributed by atoms with E-state index in [-0.39, 0.29) is 0 Å². The van der Waals surface area contributed by atoms with Gasteiger partial charge in [0.15, 0.2) is 0 Å². The lowest BCUT2D eigenvalue weighted by Gasteiger charge is -2.18. The Kier molecular flexibility index (Phi) is 6.16. The van der Waals surface area contributed by atoms with E-state index in [0.29, 0.717) is 0 Å². The number of halogens is 3. The number of carboxylic acids is 1. The summed E-state index contributed by atoms with van der Waals surface area (Å²) in [6, 6.07) is 1.85. The Morgan fingerprint density at radius 1 is 1.25 bits per heavy atom. The molecule has 1 saturated heterocycles. The Morgan fingerprint density at radius 2 is 1.85 bits per heavy atom. The third-order valence-corrected chi connectivity index (χ3v) is 2.42. The van der Waals surface area contributed by atoms with Crippen LogP contribution in [0.5, 0.6) is 0 Å². The van der Waals surface area contributed by atoms with Crippen molar-refractivity contribution in [3.63, 3.8) is 0 Å². The van der Waals surface area contributed by atoms with Crippen molar-refractivity contribution in [1.82, 2.24) is 15.3 Å². The molecule has 0 atom stereocenters. The summed E-state index contributed by atoms with van der Waals surface area (Å²) in [5.41, 5.74) is 0. The van der Waals surface area contributed by atoms with Crippen molar-refractivity contribution in [2.24, 2.45) is 0 Å². The molecule has 2 rings (SSSR count). The Labute approximate surface area is 113 Å². The highest BCUT2D eigenvalue weighted by Crippen LogP contribution is 2.13. The normalized spacial score (nSPS) is 15.8. The average Bonchev–Trinajstić information content (AvgIpc) is 2.68. The summed E-state index contributed by atoms with van der Waals surface area (Å²) in [5, 5.41) is 10.5. The minimum atomic E-state index is -5.08. The number of nitrogens with one attached hydrogen (secondary N) is 1. The first-order valence-corrected chi connectivity index (χ1v) is 5.94. The monoisotopic (exact) mass is 292 g/mol. The van der Waals surface area contributed by atoms with E-state index < -0.39 is 12.1 Å². The van der Waals surface area contributed by atoms with E-state index in [1.807, 2.05) is 6.07 Å². The van der Waals surface area contributed by atoms with Crippen LogP contribution in [-0.4, -0.2) is 53.4 Å². The van der Waals surface area contributed by atoms with Crippen LogP contribution in [0.25, 0.3) is 0 Å². The second kappa shape index (κ2) is 7.63. The summed E-state index contributed by atoms with van der Waals surface area (Å²) in [4.78, 5) is 19.6. The molecule has 1 aliphatic heterocycles. The van der Waals surface area contributed by atoms with Crippen LogP contribution in [0.15, 0.2) is 18.5 Å². The van der Waals surface area contributed by atoms with Crippen LogP contribution in [0.3, 0.4) is 0 Å². The summed E-state index contributed by atoms with van der Waals surface area (Å²) in [6.07, 6.45) is -0.334. The number of carboxylic acid groups (broad SMARTS) is 1. The van der Waals surface area contributed by atoms with Crippen LogP contribution < -0.4 is 10.2 Å². The molecule has 0 saturated carbocycles. The van der Waals surface area contributed by atoms with Gasteiger partial charge in [-0.3, -0.25) is 0 Å². The van der Waals surface area contributed by atoms with Gasteiger partial charge in [-0.25, -0.2) is 14.8 Å². The highest BCUT2D eigenvalue weighted by molar-refractivity contribution is 5.73. The lowest BCUT2D eigenvalue weighted by atomic mass is 10.4. The van der Waals surface area contributed by atoms with Gasteiger partial charge in [-0.05, 0) is 19.0 Å². The van der Waals surface area contributed by atoms with Crippen molar-refractivity contribution in [2.75, 3.05) is 31.1 Å². The summed E-state index contributed by atoms with van der Waals surface area (Å²) >= 11 is 0. The van der Waals surface area contributed by atoms with E-state index in [1.54, 1.807) is 12.4 Å². The summed E-state index contributed by atoms with van der Waals surface area (Å²) in [5.74, 6) is -1.90. The molecular weight excluding hydrogens is 277 g/mol. The van der Waals surface area contributed by atoms with Crippen molar-refractivity contribution < 1.29 is 23.1 Å². The zero-order valence-corrected chi connectivity index (χ0v) is 10.6. The number of alkyl halides is 3. The predicted octanol–water partition coefficient (Wildman–Crippen LogP) is 0.910. The first-order chi connectivity index (χ1) is 9.41. The molecule has 0 unspecified atom stereocenters. The zero-order valence-electron chi connectivity index (χ0n) is 10.6. The molecule has 1 aliphatic rings. The van der Waals surface area contributed by atoms with Crippen LogP contribution in [0.4, 0.5) is 19.1 Å². The Morgan fingerprint density at radius 3 is 2.40 bits per heavy atom. The Balaban J connectivity index is 0.000000246. The topological polar surface area (TPSA) is 78.3 Å². The number of aromatic nitrogens is 2. The van der Waals surface area contributed by atoms with Gasteiger partial charge in [0.2, 0.25) is 5.95 Å². The van der Waals surface area contributed by atoms with Crippen molar-refractivity contribution in [2.45, 2.75) is 12.6 Å². The van der Waals surface area contributed by atoms with Gasteiger partial charge in [-0.15, -0.1) is 0 Å². The fraction of sp³-hybridized carbons (Fsp3) is 0.545. The van der Waals surface area contributed by atoms with Gasteiger partial charge in [0.05, 0.1) is 0 Å². The molecule has 1 fully saturated rings. The molecule has 9 heteroatoms. The minimum Gasteiger partial charge on any atom is -0.475 e. The predicted molar refractivity (Wildman–Crippen MR) is 65.4 cm³/mol. The molecule has 0 spiro atoms. The van der Waals surface area contributed by atoms with Crippen LogP contribution in [0.2, 0.25) is 0 Å². The summed E-state index contributed by atoms with van der Waals surface area (Å²) < 4.78 is 31.7. The molecule has 2 N–H and O–H groups in total. The molecule has 1 aromatic rings. The third-order valence-electron chi connectivity index (χ3n) is 2.42. The molecule has 0 radical (unpaired) electrons. The van der Waals surface area contributed by atoms with E-state index in [2.05, 4.69) is 20.2 Å². The van der Waals surface area contributed by atoms with Gasteiger partial charge in [-0.1, -0.05) is 0 Å². The third kappa shape index (κ3) is 5.83. The van der Waals surface area contributed by atoms with Crippen LogP contribution in [0, 0.1) is 0 Å². The lowest BCUT2D eigenvalue weighted by Crippen LogP contribution is -2.29. The van der Waals surface area contributed by atoms with Gasteiger partial charge in [0.25, 0.3) is 0 Å². The van der Waals surface area contributed by atoms with Gasteiger partial charge in [-0.2, -0.15) is 13.2 Å². The van der Waals surface area contributed by atoms with E-state index in [4.69, 9.17) is 9.90 Å². The number of rotatable bonds is 1. The standard InChI is InChI=1S/C9H14N4.C2HF3O2/c1-4-11-9(12-5-1)13-7-2-3-10-6-8-13;3-2(4,5)1(6)7/h1,4-5,10H,2-3,6-8H2;(H,6,7). The van der Waals surface area contributed by atoms with Crippen molar-refractivity contribution in [3.05, 3.63) is 18.5 Å². The molecule has 1 aromatic heterocycles. The van der Waals surface area contributed by atoms with Gasteiger partial charge in [0.1, 0.15) is 0 Å². The van der Waals surface area contributed by atoms with Crippen LogP contribution in [-0.2, 0) is 4.79 Å². The largest absolute Gasteiger partial charge is 0.490 e. The lowest BCUT2D eigenvalue weighted by molar-refractivity contribution is -0.192. The number of anilines is 1. The minimum absolute atomic E-state index is 0.853. The average molecular weight is 292 g/mol. The van der Waals surface area contributed by atoms with E-state index >= 15 is 0 Å². The summed E-state index contributed by atoms with van der Waals surface area (Å²) in [6.45, 7) is 4.18. The molecular formula is C11H15F3N4O2. The maximum absolute atomic E-state index is 10.6. The highest BCUT2D eigenvalue weighted by atomic mass is 19.4. The number of carbonyl (C=O) groups is 1. The first kappa shape index (κ1) is 16.2. The molecule has 2 heterocycles. The highest BCUT2D eigenvalue weighted by Gasteiger charge is 2.38. The number of hydrogen-bond donors (Lipinski definition) is 2. The van der Waals surface area contributed by atoms with Crippen LogP contribution in [0.1, 0.15) is 6.42 Å². The maximum Gasteiger partial charge on any atom is 0.490 e. The van der Waals surface area contributed by atoms with Crippen molar-refractivity contribution in [3.8, 4) is 0 Å². The Bertz CT molecular complexity index is 406. The maximum atomic E-state index is 10.6. The molecule has 0 aliphatic carbocycles. The SMILES string of the molecule is O=C(O)C(F)(F)F.c1cnc(N2CCCNCC2)nc1. The number of aliphatic carboxylic acids is 1. The Hall–Kier alpha value is -1.90. The van der Waals surface area contributed by atoms with Crippen molar-refractivity contribution >= 4 is 11.9 Å². The second-order valence-corrected chi connectivity index (χ2v) is 3.94. The number of nitrogens with zero attached hydrogens (tertiary/aromatic N) is 3. The van der Waals surface area contributed by atoms with Crippen molar-refractivity contribution in [1.29, 1.82) is 0 Å². The zero-order chi connectivity index (χ0) is 15.0. The molecule has 0 amide bonds. The molecule has 6 nitrogen and oxygen atoms in total.